The van der Waals surface area contributed by atoms with Crippen LogP contribution in [0, 0.1) is 12.3 Å². The van der Waals surface area contributed by atoms with E-state index < -0.39 is 0 Å². The van der Waals surface area contributed by atoms with E-state index in [-0.39, 0.29) is 5.84 Å². The first-order valence-corrected chi connectivity index (χ1v) is 7.30. The Bertz CT molecular complexity index is 483. The first kappa shape index (κ1) is 15.0. The second-order valence-electron chi connectivity index (χ2n) is 6.03. The molecule has 1 heterocycles. The van der Waals surface area contributed by atoms with E-state index in [0.29, 0.717) is 6.04 Å². The summed E-state index contributed by atoms with van der Waals surface area (Å²) in [4.78, 5) is 4.86. The van der Waals surface area contributed by atoms with Crippen LogP contribution in [0.4, 0.5) is 0 Å². The summed E-state index contributed by atoms with van der Waals surface area (Å²) in [5.74, 6) is 0.141. The van der Waals surface area contributed by atoms with Crippen LogP contribution in [0.25, 0.3) is 0 Å². The third-order valence-corrected chi connectivity index (χ3v) is 4.30. The summed E-state index contributed by atoms with van der Waals surface area (Å²) in [5.41, 5.74) is 8.89. The van der Waals surface area contributed by atoms with E-state index in [9.17, 15) is 0 Å². The number of nitrogen functional groups attached to an aromatic ring is 1. The van der Waals surface area contributed by atoms with E-state index in [1.807, 2.05) is 12.1 Å². The van der Waals surface area contributed by atoms with Gasteiger partial charge in [-0.3, -0.25) is 10.3 Å². The first-order valence-electron chi connectivity index (χ1n) is 7.30. The lowest BCUT2D eigenvalue weighted by Gasteiger charge is -2.36. The van der Waals surface area contributed by atoms with Gasteiger partial charge in [-0.25, -0.2) is 0 Å². The highest BCUT2D eigenvalue weighted by molar-refractivity contribution is 5.95. The number of benzene rings is 1. The molecule has 0 saturated carbocycles. The van der Waals surface area contributed by atoms with Crippen LogP contribution in [0.2, 0.25) is 0 Å². The predicted molar refractivity (Wildman–Crippen MR) is 84.2 cm³/mol. The van der Waals surface area contributed by atoms with Gasteiger partial charge < -0.3 is 10.6 Å². The number of likely N-dealkylation sites (tertiary alicyclic amines) is 1. The molecule has 1 unspecified atom stereocenters. The van der Waals surface area contributed by atoms with Gasteiger partial charge in [0.15, 0.2) is 0 Å². The zero-order valence-electron chi connectivity index (χ0n) is 12.8. The molecule has 2 rings (SSSR count). The maximum absolute atomic E-state index is 7.49. The highest BCUT2D eigenvalue weighted by Gasteiger charge is 2.21. The first-order chi connectivity index (χ1) is 9.47. The van der Waals surface area contributed by atoms with Gasteiger partial charge in [0.1, 0.15) is 5.84 Å². The van der Waals surface area contributed by atoms with Gasteiger partial charge in [0.2, 0.25) is 0 Å². The van der Waals surface area contributed by atoms with Gasteiger partial charge in [-0.05, 0) is 57.6 Å². The Morgan fingerprint density at radius 3 is 2.85 bits per heavy atom. The Labute approximate surface area is 122 Å². The van der Waals surface area contributed by atoms with Crippen molar-refractivity contribution in [1.29, 1.82) is 5.41 Å². The van der Waals surface area contributed by atoms with Gasteiger partial charge in [0.25, 0.3) is 0 Å². The zero-order chi connectivity index (χ0) is 14.7. The van der Waals surface area contributed by atoms with E-state index in [2.05, 4.69) is 36.9 Å². The fourth-order valence-electron chi connectivity index (χ4n) is 2.94. The molecule has 0 amide bonds. The van der Waals surface area contributed by atoms with E-state index >= 15 is 0 Å². The van der Waals surface area contributed by atoms with Gasteiger partial charge in [-0.2, -0.15) is 0 Å². The van der Waals surface area contributed by atoms with Gasteiger partial charge in [-0.1, -0.05) is 12.1 Å². The van der Waals surface area contributed by atoms with Crippen molar-refractivity contribution in [3.05, 3.63) is 34.9 Å². The number of rotatable bonds is 4. The lowest BCUT2D eigenvalue weighted by Crippen LogP contribution is -2.44. The molecule has 110 valence electrons. The number of likely N-dealkylation sites (N-methyl/N-ethyl adjacent to an activating group) is 2. The van der Waals surface area contributed by atoms with Crippen molar-refractivity contribution in [2.24, 2.45) is 5.73 Å². The predicted octanol–water partition coefficient (Wildman–Crippen LogP) is 1.81. The maximum atomic E-state index is 7.49. The number of piperidine rings is 1. The van der Waals surface area contributed by atoms with Crippen molar-refractivity contribution in [1.82, 2.24) is 9.80 Å². The fourth-order valence-corrected chi connectivity index (χ4v) is 2.94. The Kier molecular flexibility index (Phi) is 4.78. The summed E-state index contributed by atoms with van der Waals surface area (Å²) >= 11 is 0. The average Bonchev–Trinajstić information content (AvgIpc) is 2.40. The highest BCUT2D eigenvalue weighted by atomic mass is 15.2. The molecule has 4 heteroatoms. The van der Waals surface area contributed by atoms with Gasteiger partial charge in [-0.15, -0.1) is 0 Å². The minimum atomic E-state index is 0.141. The number of hydrogen-bond donors (Lipinski definition) is 2. The summed E-state index contributed by atoms with van der Waals surface area (Å²) in [5, 5.41) is 7.49. The molecular weight excluding hydrogens is 248 g/mol. The molecule has 1 aromatic carbocycles. The molecule has 20 heavy (non-hydrogen) atoms. The lowest BCUT2D eigenvalue weighted by atomic mass is 10.0. The second kappa shape index (κ2) is 6.37. The van der Waals surface area contributed by atoms with Crippen molar-refractivity contribution < 1.29 is 0 Å². The van der Waals surface area contributed by atoms with Crippen molar-refractivity contribution in [2.45, 2.75) is 32.4 Å². The van der Waals surface area contributed by atoms with Gasteiger partial charge >= 0.3 is 0 Å². The molecule has 0 aliphatic carbocycles. The van der Waals surface area contributed by atoms with E-state index in [1.165, 1.54) is 30.5 Å². The second-order valence-corrected chi connectivity index (χ2v) is 6.03. The van der Waals surface area contributed by atoms with Crippen molar-refractivity contribution in [3.8, 4) is 0 Å². The van der Waals surface area contributed by atoms with Crippen molar-refractivity contribution in [2.75, 3.05) is 27.2 Å². The minimum Gasteiger partial charge on any atom is -0.384 e. The molecule has 4 nitrogen and oxygen atoms in total. The summed E-state index contributed by atoms with van der Waals surface area (Å²) in [6.07, 6.45) is 2.57. The molecule has 1 aliphatic heterocycles. The van der Waals surface area contributed by atoms with Crippen LogP contribution in [-0.4, -0.2) is 48.9 Å². The number of nitrogens with one attached hydrogen (secondary N) is 1. The topological polar surface area (TPSA) is 56.4 Å². The standard InChI is InChI=1S/C16H26N4/c1-12-9-13(16(17)18)6-7-14(12)10-20(3)15-5-4-8-19(2)11-15/h6-7,9,15H,4-5,8,10-11H2,1-3H3,(H3,17,18). The Balaban J connectivity index is 2.03. The van der Waals surface area contributed by atoms with Crippen LogP contribution in [0.5, 0.6) is 0 Å². The monoisotopic (exact) mass is 274 g/mol. The number of hydrogen-bond acceptors (Lipinski definition) is 3. The number of aryl methyl sites for hydroxylation is 1. The van der Waals surface area contributed by atoms with Gasteiger partial charge in [0.05, 0.1) is 0 Å². The average molecular weight is 274 g/mol. The largest absolute Gasteiger partial charge is 0.384 e. The molecule has 3 N–H and O–H groups in total. The molecular formula is C16H26N4. The van der Waals surface area contributed by atoms with E-state index in [1.54, 1.807) is 0 Å². The quantitative estimate of drug-likeness (QED) is 0.650. The third-order valence-electron chi connectivity index (χ3n) is 4.30. The minimum absolute atomic E-state index is 0.141. The Morgan fingerprint density at radius 1 is 1.50 bits per heavy atom. The normalized spacial score (nSPS) is 20.3. The van der Waals surface area contributed by atoms with Crippen LogP contribution in [-0.2, 0) is 6.54 Å². The van der Waals surface area contributed by atoms with Crippen LogP contribution in [0.15, 0.2) is 18.2 Å². The Morgan fingerprint density at radius 2 is 2.25 bits per heavy atom. The molecule has 1 aromatic rings. The SMILES string of the molecule is Cc1cc(C(=N)N)ccc1CN(C)C1CCCN(C)C1. The van der Waals surface area contributed by atoms with E-state index in [4.69, 9.17) is 11.1 Å². The number of amidine groups is 1. The lowest BCUT2D eigenvalue weighted by molar-refractivity contribution is 0.129. The van der Waals surface area contributed by atoms with Crippen molar-refractivity contribution in [3.63, 3.8) is 0 Å². The molecule has 1 saturated heterocycles. The van der Waals surface area contributed by atoms with Crippen LogP contribution in [0.1, 0.15) is 29.5 Å². The summed E-state index contributed by atoms with van der Waals surface area (Å²) < 4.78 is 0. The summed E-state index contributed by atoms with van der Waals surface area (Å²) in [6.45, 7) is 5.43. The molecule has 1 atom stereocenters. The molecule has 0 radical (unpaired) electrons. The molecule has 0 bridgehead atoms. The van der Waals surface area contributed by atoms with Crippen LogP contribution >= 0.6 is 0 Å². The molecule has 1 aliphatic rings. The molecule has 1 fully saturated rings. The third kappa shape index (κ3) is 3.58. The summed E-state index contributed by atoms with van der Waals surface area (Å²) in [6, 6.07) is 6.71. The smallest absolute Gasteiger partial charge is 0.122 e. The van der Waals surface area contributed by atoms with E-state index in [0.717, 1.165) is 18.7 Å². The van der Waals surface area contributed by atoms with Crippen molar-refractivity contribution >= 4 is 5.84 Å². The number of nitrogens with zero attached hydrogens (tertiary/aromatic N) is 2. The van der Waals surface area contributed by atoms with Crippen LogP contribution < -0.4 is 5.73 Å². The zero-order valence-corrected chi connectivity index (χ0v) is 12.8. The van der Waals surface area contributed by atoms with Crippen LogP contribution in [0.3, 0.4) is 0 Å². The molecule has 0 aromatic heterocycles. The Hall–Kier alpha value is -1.39. The summed E-state index contributed by atoms with van der Waals surface area (Å²) in [7, 11) is 4.41. The highest BCUT2D eigenvalue weighted by Crippen LogP contribution is 2.18. The maximum Gasteiger partial charge on any atom is 0.122 e. The van der Waals surface area contributed by atoms with Gasteiger partial charge in [0, 0.05) is 24.7 Å². The fraction of sp³-hybridized carbons (Fsp3) is 0.562. The molecule has 0 spiro atoms. The number of nitrogens with two attached hydrogens (primary N) is 1.